The Bertz CT molecular complexity index is 1190. The minimum Gasteiger partial charge on any atom is -0.494 e. The van der Waals surface area contributed by atoms with E-state index < -0.39 is 5.12 Å². The van der Waals surface area contributed by atoms with Gasteiger partial charge in [0.1, 0.15) is 11.5 Å². The molecular weight excluding hydrogens is 436 g/mol. The summed E-state index contributed by atoms with van der Waals surface area (Å²) in [6.45, 7) is 11.6. The van der Waals surface area contributed by atoms with Crippen molar-refractivity contribution >= 4 is 23.0 Å². The van der Waals surface area contributed by atoms with E-state index in [0.717, 1.165) is 51.1 Å². The fraction of sp³-hybridized carbons (Fsp3) is 0.346. The number of hydrogen-bond donors (Lipinski definition) is 1. The summed E-state index contributed by atoms with van der Waals surface area (Å²) in [6.07, 6.45) is 0. The summed E-state index contributed by atoms with van der Waals surface area (Å²) >= 11 is 7.43. The first kappa shape index (κ1) is 23.1. The summed E-state index contributed by atoms with van der Waals surface area (Å²) < 4.78 is 13.6. The molecule has 0 fully saturated rings. The minimum absolute atomic E-state index is 0.598. The zero-order chi connectivity index (χ0) is 23.8. The molecule has 0 bridgehead atoms. The van der Waals surface area contributed by atoms with E-state index >= 15 is 0 Å². The van der Waals surface area contributed by atoms with E-state index in [1.165, 1.54) is 0 Å². The van der Waals surface area contributed by atoms with Crippen molar-refractivity contribution < 1.29 is 9.47 Å². The van der Waals surface area contributed by atoms with Gasteiger partial charge in [0.2, 0.25) is 5.12 Å². The molecule has 1 unspecified atom stereocenters. The van der Waals surface area contributed by atoms with Gasteiger partial charge in [-0.05, 0) is 58.9 Å². The maximum Gasteiger partial charge on any atom is 0.232 e. The predicted octanol–water partition coefficient (Wildman–Crippen LogP) is 5.70. The van der Waals surface area contributed by atoms with Crippen molar-refractivity contribution in [2.24, 2.45) is 5.10 Å². The molecule has 1 aromatic heterocycles. The lowest BCUT2D eigenvalue weighted by Crippen LogP contribution is -2.53. The SMILES string of the molecule is CCOc1ccc(-n2c(C)c3c(c2C)C(Cl)(N(CC)c2ccccc2)NN=C3C)c(OC)c1. The lowest BCUT2D eigenvalue weighted by molar-refractivity contribution is 0.336. The fourth-order valence-corrected chi connectivity index (χ4v) is 5.29. The monoisotopic (exact) mass is 466 g/mol. The lowest BCUT2D eigenvalue weighted by Gasteiger charge is -2.42. The van der Waals surface area contributed by atoms with E-state index in [9.17, 15) is 0 Å². The van der Waals surface area contributed by atoms with Crippen LogP contribution < -0.4 is 19.8 Å². The highest BCUT2D eigenvalue weighted by Gasteiger charge is 2.45. The molecular formula is C26H31ClN4O2. The molecule has 1 N–H and O–H groups in total. The fourth-order valence-electron chi connectivity index (χ4n) is 4.80. The second-order valence-electron chi connectivity index (χ2n) is 8.03. The minimum atomic E-state index is -1.04. The van der Waals surface area contributed by atoms with Gasteiger partial charge in [-0.15, -0.1) is 0 Å². The number of anilines is 1. The zero-order valence-electron chi connectivity index (χ0n) is 20.1. The highest BCUT2D eigenvalue weighted by molar-refractivity contribution is 6.26. The van der Waals surface area contributed by atoms with Crippen LogP contribution in [0.25, 0.3) is 5.69 Å². The number of rotatable bonds is 7. The molecule has 1 aliphatic rings. The second-order valence-corrected chi connectivity index (χ2v) is 8.58. The third kappa shape index (κ3) is 3.72. The molecule has 0 spiro atoms. The average molecular weight is 467 g/mol. The number of hydrogen-bond acceptors (Lipinski definition) is 5. The molecule has 0 saturated heterocycles. The highest BCUT2D eigenvalue weighted by atomic mass is 35.5. The van der Waals surface area contributed by atoms with Crippen molar-refractivity contribution in [1.82, 2.24) is 9.99 Å². The molecule has 0 amide bonds. The van der Waals surface area contributed by atoms with Crippen LogP contribution in [-0.4, -0.2) is 30.5 Å². The zero-order valence-corrected chi connectivity index (χ0v) is 20.8. The van der Waals surface area contributed by atoms with E-state index in [0.29, 0.717) is 13.2 Å². The number of fused-ring (bicyclic) bond motifs is 1. The maximum absolute atomic E-state index is 7.43. The summed E-state index contributed by atoms with van der Waals surface area (Å²) in [5, 5.41) is 3.60. The Morgan fingerprint density at radius 2 is 1.79 bits per heavy atom. The molecule has 1 atom stereocenters. The Morgan fingerprint density at radius 3 is 2.42 bits per heavy atom. The number of benzene rings is 2. The van der Waals surface area contributed by atoms with Crippen molar-refractivity contribution in [2.45, 2.75) is 39.7 Å². The number of nitrogens with zero attached hydrogens (tertiary/aromatic N) is 3. The maximum atomic E-state index is 7.43. The number of hydrazone groups is 1. The molecule has 7 heteroatoms. The topological polar surface area (TPSA) is 51.0 Å². The largest absolute Gasteiger partial charge is 0.494 e. The first-order valence-corrected chi connectivity index (χ1v) is 11.6. The van der Waals surface area contributed by atoms with Gasteiger partial charge in [-0.1, -0.05) is 29.8 Å². The number of alkyl halides is 1. The van der Waals surface area contributed by atoms with Crippen LogP contribution in [0.15, 0.2) is 53.6 Å². The number of para-hydroxylation sites is 1. The van der Waals surface area contributed by atoms with E-state index in [1.54, 1.807) is 7.11 Å². The van der Waals surface area contributed by atoms with E-state index in [4.69, 9.17) is 21.1 Å². The quantitative estimate of drug-likeness (QED) is 0.358. The van der Waals surface area contributed by atoms with E-state index in [1.807, 2.05) is 50.2 Å². The predicted molar refractivity (Wildman–Crippen MR) is 135 cm³/mol. The Kier molecular flexibility index (Phi) is 6.30. The van der Waals surface area contributed by atoms with Crippen molar-refractivity contribution in [3.63, 3.8) is 0 Å². The molecule has 0 radical (unpaired) electrons. The van der Waals surface area contributed by atoms with Crippen LogP contribution in [-0.2, 0) is 5.12 Å². The van der Waals surface area contributed by atoms with Gasteiger partial charge in [0, 0.05) is 40.8 Å². The van der Waals surface area contributed by atoms with Crippen molar-refractivity contribution in [3.05, 3.63) is 71.0 Å². The number of methoxy groups -OCH3 is 1. The van der Waals surface area contributed by atoms with Crippen LogP contribution in [0.2, 0.25) is 0 Å². The Labute approximate surface area is 200 Å². The van der Waals surface area contributed by atoms with Gasteiger partial charge in [-0.25, -0.2) is 0 Å². The standard InChI is InChI=1S/C26H31ClN4O2/c1-7-30(20-12-10-9-11-13-20)26(27)25-19(5)31(18(4)24(25)17(3)28-29-26)22-15-14-21(33-8-2)16-23(22)32-6/h9-16,29H,7-8H2,1-6H3. The lowest BCUT2D eigenvalue weighted by atomic mass is 9.99. The van der Waals surface area contributed by atoms with Crippen LogP contribution in [0, 0.1) is 13.8 Å². The molecule has 4 rings (SSSR count). The number of aromatic nitrogens is 1. The van der Waals surface area contributed by atoms with Gasteiger partial charge in [0.05, 0.1) is 25.1 Å². The van der Waals surface area contributed by atoms with Crippen LogP contribution in [0.4, 0.5) is 5.69 Å². The second kappa shape index (κ2) is 9.02. The first-order chi connectivity index (χ1) is 15.9. The molecule has 2 aromatic carbocycles. The van der Waals surface area contributed by atoms with Crippen molar-refractivity contribution in [3.8, 4) is 17.2 Å². The Hall–Kier alpha value is -3.12. The van der Waals surface area contributed by atoms with Gasteiger partial charge in [0.25, 0.3) is 0 Å². The molecule has 174 valence electrons. The molecule has 2 heterocycles. The summed E-state index contributed by atoms with van der Waals surface area (Å²) in [6, 6.07) is 16.1. The molecule has 3 aromatic rings. The molecule has 1 aliphatic heterocycles. The molecule has 0 saturated carbocycles. The third-order valence-electron chi connectivity index (χ3n) is 6.17. The number of nitrogens with one attached hydrogen (secondary N) is 1. The van der Waals surface area contributed by atoms with Gasteiger partial charge in [-0.2, -0.15) is 5.10 Å². The van der Waals surface area contributed by atoms with Crippen LogP contribution in [0.1, 0.15) is 43.3 Å². The third-order valence-corrected chi connectivity index (χ3v) is 6.65. The first-order valence-electron chi connectivity index (χ1n) is 11.2. The van der Waals surface area contributed by atoms with Gasteiger partial charge in [-0.3, -0.25) is 5.43 Å². The summed E-state index contributed by atoms with van der Waals surface area (Å²) in [5.41, 5.74) is 10.2. The number of ether oxygens (including phenoxy) is 2. The average Bonchev–Trinajstić information content (AvgIpc) is 3.09. The van der Waals surface area contributed by atoms with Gasteiger partial charge < -0.3 is 18.9 Å². The van der Waals surface area contributed by atoms with Crippen molar-refractivity contribution in [1.29, 1.82) is 0 Å². The van der Waals surface area contributed by atoms with Crippen LogP contribution in [0.3, 0.4) is 0 Å². The summed E-state index contributed by atoms with van der Waals surface area (Å²) in [5.74, 6) is 1.51. The van der Waals surface area contributed by atoms with Crippen LogP contribution in [0.5, 0.6) is 11.5 Å². The van der Waals surface area contributed by atoms with E-state index in [-0.39, 0.29) is 0 Å². The van der Waals surface area contributed by atoms with Crippen molar-refractivity contribution in [2.75, 3.05) is 25.2 Å². The Balaban J connectivity index is 1.94. The molecule has 6 nitrogen and oxygen atoms in total. The normalized spacial score (nSPS) is 17.1. The van der Waals surface area contributed by atoms with E-state index in [2.05, 4.69) is 52.9 Å². The van der Waals surface area contributed by atoms with Crippen LogP contribution >= 0.6 is 11.6 Å². The summed E-state index contributed by atoms with van der Waals surface area (Å²) in [4.78, 5) is 2.13. The summed E-state index contributed by atoms with van der Waals surface area (Å²) in [7, 11) is 1.68. The number of halogens is 1. The highest BCUT2D eigenvalue weighted by Crippen LogP contribution is 2.44. The smallest absolute Gasteiger partial charge is 0.232 e. The van der Waals surface area contributed by atoms with Gasteiger partial charge >= 0.3 is 0 Å². The molecule has 33 heavy (non-hydrogen) atoms. The molecule has 0 aliphatic carbocycles. The van der Waals surface area contributed by atoms with Gasteiger partial charge in [0.15, 0.2) is 0 Å². The Morgan fingerprint density at radius 1 is 1.06 bits per heavy atom.